The fourth-order valence-electron chi connectivity index (χ4n) is 3.33. The Kier molecular flexibility index (Phi) is 4.15. The maximum atomic E-state index is 12.1. The molecule has 0 aliphatic carbocycles. The van der Waals surface area contributed by atoms with Gasteiger partial charge in [0.05, 0.1) is 18.0 Å². The summed E-state index contributed by atoms with van der Waals surface area (Å²) in [7, 11) is 0. The number of carbonyl (C=O) groups is 1. The molecule has 136 valence electrons. The summed E-state index contributed by atoms with van der Waals surface area (Å²) in [5.41, 5.74) is 8.61. The Morgan fingerprint density at radius 3 is 2.74 bits per heavy atom. The quantitative estimate of drug-likeness (QED) is 0.633. The zero-order valence-corrected chi connectivity index (χ0v) is 14.4. The molecule has 0 spiro atoms. The molecule has 0 saturated carbocycles. The molecule has 1 aliphatic heterocycles. The van der Waals surface area contributed by atoms with E-state index in [-0.39, 0.29) is 11.6 Å². The SMILES string of the molecule is Nc1c(N2CCc3ccc(CNC(=O)c4ccnnc4)cc3C2)c(=O)c1=O. The minimum Gasteiger partial charge on any atom is -0.394 e. The van der Waals surface area contributed by atoms with Crippen molar-refractivity contribution < 1.29 is 4.79 Å². The van der Waals surface area contributed by atoms with Gasteiger partial charge in [0.1, 0.15) is 11.4 Å². The third-order valence-corrected chi connectivity index (χ3v) is 4.82. The molecule has 0 fully saturated rings. The fourth-order valence-corrected chi connectivity index (χ4v) is 3.33. The predicted octanol–water partition coefficient (Wildman–Crippen LogP) is 0.147. The number of fused-ring (bicyclic) bond motifs is 1. The van der Waals surface area contributed by atoms with Gasteiger partial charge in [-0.2, -0.15) is 10.2 Å². The zero-order valence-electron chi connectivity index (χ0n) is 14.4. The Labute approximate surface area is 154 Å². The second kappa shape index (κ2) is 6.64. The largest absolute Gasteiger partial charge is 0.394 e. The van der Waals surface area contributed by atoms with Crippen LogP contribution in [0.15, 0.2) is 46.2 Å². The molecule has 3 aromatic rings. The Morgan fingerprint density at radius 2 is 2.00 bits per heavy atom. The molecule has 0 bridgehead atoms. The third-order valence-electron chi connectivity index (χ3n) is 4.82. The van der Waals surface area contributed by atoms with Gasteiger partial charge in [0.15, 0.2) is 0 Å². The first kappa shape index (κ1) is 16.9. The molecule has 0 unspecified atom stereocenters. The van der Waals surface area contributed by atoms with Crippen LogP contribution < -0.4 is 26.8 Å². The zero-order chi connectivity index (χ0) is 19.0. The highest BCUT2D eigenvalue weighted by atomic mass is 16.2. The number of nitrogen functional groups attached to an aromatic ring is 1. The number of anilines is 2. The van der Waals surface area contributed by atoms with Crippen molar-refractivity contribution in [3.63, 3.8) is 0 Å². The first-order chi connectivity index (χ1) is 13.0. The number of aromatic nitrogens is 2. The lowest BCUT2D eigenvalue weighted by molar-refractivity contribution is 0.0950. The normalized spacial score (nSPS) is 13.4. The van der Waals surface area contributed by atoms with Crippen LogP contribution in [0.5, 0.6) is 0 Å². The number of nitrogens with one attached hydrogen (secondary N) is 1. The van der Waals surface area contributed by atoms with Gasteiger partial charge in [-0.3, -0.25) is 14.4 Å². The van der Waals surface area contributed by atoms with Crippen molar-refractivity contribution in [2.45, 2.75) is 19.5 Å². The molecular formula is C19H17N5O3. The smallest absolute Gasteiger partial charge is 0.253 e. The summed E-state index contributed by atoms with van der Waals surface area (Å²) in [6.45, 7) is 1.53. The van der Waals surface area contributed by atoms with E-state index in [0.29, 0.717) is 30.9 Å². The topological polar surface area (TPSA) is 118 Å². The standard InChI is InChI=1S/C19H17N5O3/c20-15-16(18(26)17(15)25)24-6-4-12-2-1-11(7-14(12)10-24)8-21-19(27)13-3-5-22-23-9-13/h1-3,5,7,9H,4,6,8,10,20H2,(H,21,27). The van der Waals surface area contributed by atoms with E-state index in [1.807, 2.05) is 23.1 Å². The number of nitrogens with two attached hydrogens (primary N) is 1. The monoisotopic (exact) mass is 363 g/mol. The lowest BCUT2D eigenvalue weighted by Crippen LogP contribution is -2.44. The number of rotatable bonds is 4. The van der Waals surface area contributed by atoms with Crippen LogP contribution in [0, 0.1) is 0 Å². The molecule has 0 atom stereocenters. The van der Waals surface area contributed by atoms with Gasteiger partial charge in [-0.25, -0.2) is 0 Å². The van der Waals surface area contributed by atoms with Crippen LogP contribution in [0.4, 0.5) is 11.4 Å². The van der Waals surface area contributed by atoms with Crippen molar-refractivity contribution in [2.75, 3.05) is 17.2 Å². The summed E-state index contributed by atoms with van der Waals surface area (Å²) >= 11 is 0. The van der Waals surface area contributed by atoms with E-state index in [1.54, 1.807) is 6.07 Å². The summed E-state index contributed by atoms with van der Waals surface area (Å²) in [5.74, 6) is -0.222. The van der Waals surface area contributed by atoms with Crippen LogP contribution in [0.25, 0.3) is 0 Å². The lowest BCUT2D eigenvalue weighted by atomic mass is 9.96. The Bertz CT molecular complexity index is 1090. The number of carbonyl (C=O) groups excluding carboxylic acids is 1. The first-order valence-electron chi connectivity index (χ1n) is 8.54. The van der Waals surface area contributed by atoms with Gasteiger partial charge in [0.2, 0.25) is 0 Å². The van der Waals surface area contributed by atoms with Crippen molar-refractivity contribution in [1.82, 2.24) is 15.5 Å². The summed E-state index contributed by atoms with van der Waals surface area (Å²) < 4.78 is 0. The third kappa shape index (κ3) is 3.05. The second-order valence-corrected chi connectivity index (χ2v) is 6.51. The van der Waals surface area contributed by atoms with Gasteiger partial charge in [0.25, 0.3) is 16.8 Å². The molecular weight excluding hydrogens is 346 g/mol. The fraction of sp³-hybridized carbons (Fsp3) is 0.211. The van der Waals surface area contributed by atoms with Gasteiger partial charge in [-0.05, 0) is 29.2 Å². The molecule has 3 N–H and O–H groups in total. The van der Waals surface area contributed by atoms with E-state index in [2.05, 4.69) is 15.5 Å². The van der Waals surface area contributed by atoms with Gasteiger partial charge in [-0.15, -0.1) is 0 Å². The maximum absolute atomic E-state index is 12.1. The van der Waals surface area contributed by atoms with E-state index in [9.17, 15) is 14.4 Å². The summed E-state index contributed by atoms with van der Waals surface area (Å²) in [6, 6.07) is 7.62. The van der Waals surface area contributed by atoms with E-state index in [1.165, 1.54) is 18.0 Å². The number of benzene rings is 1. The first-order valence-corrected chi connectivity index (χ1v) is 8.54. The maximum Gasteiger partial charge on any atom is 0.253 e. The van der Waals surface area contributed by atoms with Crippen LogP contribution in [0.1, 0.15) is 27.0 Å². The van der Waals surface area contributed by atoms with Crippen LogP contribution in [0.3, 0.4) is 0 Å². The molecule has 8 heteroatoms. The molecule has 1 aromatic heterocycles. The Hall–Kier alpha value is -3.55. The van der Waals surface area contributed by atoms with Crippen LogP contribution >= 0.6 is 0 Å². The Morgan fingerprint density at radius 1 is 1.15 bits per heavy atom. The summed E-state index contributed by atoms with van der Waals surface area (Å²) in [6.07, 6.45) is 3.65. The number of hydrogen-bond acceptors (Lipinski definition) is 7. The minimum atomic E-state index is -0.599. The number of amides is 1. The molecule has 4 rings (SSSR count). The average molecular weight is 363 g/mol. The van der Waals surface area contributed by atoms with E-state index < -0.39 is 10.9 Å². The summed E-state index contributed by atoms with van der Waals surface area (Å²) in [4.78, 5) is 37.1. The minimum absolute atomic E-state index is 0.0535. The second-order valence-electron chi connectivity index (χ2n) is 6.51. The predicted molar refractivity (Wildman–Crippen MR) is 100 cm³/mol. The van der Waals surface area contributed by atoms with Gasteiger partial charge in [-0.1, -0.05) is 18.2 Å². The average Bonchev–Trinajstić information content (AvgIpc) is 2.72. The van der Waals surface area contributed by atoms with Crippen molar-refractivity contribution in [3.05, 3.63) is 79.4 Å². The van der Waals surface area contributed by atoms with Crippen LogP contribution in [-0.2, 0) is 19.5 Å². The number of hydrogen-bond donors (Lipinski definition) is 2. The molecule has 27 heavy (non-hydrogen) atoms. The van der Waals surface area contributed by atoms with Crippen molar-refractivity contribution in [1.29, 1.82) is 0 Å². The van der Waals surface area contributed by atoms with Gasteiger partial charge < -0.3 is 16.0 Å². The highest BCUT2D eigenvalue weighted by Crippen LogP contribution is 2.26. The van der Waals surface area contributed by atoms with Gasteiger partial charge >= 0.3 is 0 Å². The van der Waals surface area contributed by atoms with Crippen molar-refractivity contribution >= 4 is 17.3 Å². The summed E-state index contributed by atoms with van der Waals surface area (Å²) in [5, 5.41) is 10.2. The van der Waals surface area contributed by atoms with Crippen LogP contribution in [-0.4, -0.2) is 22.6 Å². The number of nitrogens with zero attached hydrogens (tertiary/aromatic N) is 3. The molecule has 0 radical (unpaired) electrons. The molecule has 8 nitrogen and oxygen atoms in total. The molecule has 1 aliphatic rings. The van der Waals surface area contributed by atoms with Crippen LogP contribution in [0.2, 0.25) is 0 Å². The van der Waals surface area contributed by atoms with Crippen molar-refractivity contribution in [3.8, 4) is 0 Å². The highest BCUT2D eigenvalue weighted by Gasteiger charge is 2.26. The molecule has 2 heterocycles. The van der Waals surface area contributed by atoms with E-state index in [0.717, 1.165) is 17.5 Å². The van der Waals surface area contributed by atoms with E-state index >= 15 is 0 Å². The lowest BCUT2D eigenvalue weighted by Gasteiger charge is -2.32. The van der Waals surface area contributed by atoms with Crippen molar-refractivity contribution in [2.24, 2.45) is 0 Å². The molecule has 0 saturated heterocycles. The Balaban J connectivity index is 1.47. The van der Waals surface area contributed by atoms with E-state index in [4.69, 9.17) is 5.73 Å². The molecule has 2 aromatic carbocycles. The molecule has 1 amide bonds. The highest BCUT2D eigenvalue weighted by molar-refractivity contribution is 5.93. The van der Waals surface area contributed by atoms with Gasteiger partial charge in [0, 0.05) is 19.6 Å².